The molecule has 1 rings (SSSR count). The largest absolute Gasteiger partial charge is 0.385 e. The molecule has 1 saturated carbocycles. The Balaban J connectivity index is 1.71. The van der Waals surface area contributed by atoms with E-state index in [1.54, 1.807) is 7.11 Å². The quantitative estimate of drug-likeness (QED) is 0.554. The first-order valence-corrected chi connectivity index (χ1v) is 7.81. The second-order valence-corrected chi connectivity index (χ2v) is 5.21. The van der Waals surface area contributed by atoms with Crippen LogP contribution in [0.25, 0.3) is 0 Å². The Hall–Kier alpha value is -0.160. The fraction of sp³-hybridized carbons (Fsp3) is 1.00. The summed E-state index contributed by atoms with van der Waals surface area (Å²) >= 11 is 0. The molecule has 0 aromatic carbocycles. The molecule has 1 N–H and O–H groups in total. The van der Waals surface area contributed by atoms with Gasteiger partial charge in [0.05, 0.1) is 13.2 Å². The van der Waals surface area contributed by atoms with E-state index in [1.807, 2.05) is 0 Å². The van der Waals surface area contributed by atoms with E-state index in [1.165, 1.54) is 32.1 Å². The van der Waals surface area contributed by atoms with E-state index in [9.17, 15) is 0 Å². The SMILES string of the molecule is COCCCOCCOCCCNC1CCCCC1. The summed E-state index contributed by atoms with van der Waals surface area (Å²) in [5.41, 5.74) is 0. The predicted molar refractivity (Wildman–Crippen MR) is 77.6 cm³/mol. The highest BCUT2D eigenvalue weighted by Gasteiger charge is 2.11. The number of hydrogen-bond donors (Lipinski definition) is 1. The molecule has 1 aliphatic rings. The van der Waals surface area contributed by atoms with Crippen LogP contribution in [0.3, 0.4) is 0 Å². The molecule has 0 spiro atoms. The summed E-state index contributed by atoms with van der Waals surface area (Å²) < 4.78 is 15.9. The second-order valence-electron chi connectivity index (χ2n) is 5.21. The third-order valence-corrected chi connectivity index (χ3v) is 3.51. The van der Waals surface area contributed by atoms with Crippen LogP contribution in [-0.4, -0.2) is 52.7 Å². The molecule has 4 nitrogen and oxygen atoms in total. The van der Waals surface area contributed by atoms with Crippen molar-refractivity contribution in [2.24, 2.45) is 0 Å². The Morgan fingerprint density at radius 2 is 1.53 bits per heavy atom. The van der Waals surface area contributed by atoms with Crippen molar-refractivity contribution in [3.8, 4) is 0 Å². The van der Waals surface area contributed by atoms with Gasteiger partial charge in [0.15, 0.2) is 0 Å². The Morgan fingerprint density at radius 1 is 0.842 bits per heavy atom. The van der Waals surface area contributed by atoms with Gasteiger partial charge < -0.3 is 19.5 Å². The summed E-state index contributed by atoms with van der Waals surface area (Å²) in [6.45, 7) is 4.85. The van der Waals surface area contributed by atoms with Gasteiger partial charge in [-0.3, -0.25) is 0 Å². The lowest BCUT2D eigenvalue weighted by Crippen LogP contribution is -2.32. The van der Waals surface area contributed by atoms with Crippen molar-refractivity contribution in [3.05, 3.63) is 0 Å². The van der Waals surface area contributed by atoms with E-state index in [0.29, 0.717) is 13.2 Å². The minimum atomic E-state index is 0.694. The highest BCUT2D eigenvalue weighted by atomic mass is 16.5. The van der Waals surface area contributed by atoms with Crippen molar-refractivity contribution >= 4 is 0 Å². The molecule has 1 fully saturated rings. The molecule has 4 heteroatoms. The van der Waals surface area contributed by atoms with Crippen LogP contribution in [0.4, 0.5) is 0 Å². The van der Waals surface area contributed by atoms with Gasteiger partial charge in [0.1, 0.15) is 0 Å². The van der Waals surface area contributed by atoms with Crippen molar-refractivity contribution in [2.45, 2.75) is 51.0 Å². The topological polar surface area (TPSA) is 39.7 Å². The zero-order chi connectivity index (χ0) is 13.6. The van der Waals surface area contributed by atoms with Gasteiger partial charge in [-0.25, -0.2) is 0 Å². The highest BCUT2D eigenvalue weighted by molar-refractivity contribution is 4.71. The molecule has 0 bridgehead atoms. The van der Waals surface area contributed by atoms with Crippen molar-refractivity contribution in [1.29, 1.82) is 0 Å². The molecule has 0 saturated heterocycles. The third kappa shape index (κ3) is 10.3. The van der Waals surface area contributed by atoms with Crippen molar-refractivity contribution < 1.29 is 14.2 Å². The Bertz CT molecular complexity index is 184. The fourth-order valence-electron chi connectivity index (χ4n) is 2.41. The van der Waals surface area contributed by atoms with Gasteiger partial charge in [-0.05, 0) is 32.2 Å². The maximum absolute atomic E-state index is 5.53. The highest BCUT2D eigenvalue weighted by Crippen LogP contribution is 2.17. The zero-order valence-corrected chi connectivity index (χ0v) is 12.5. The van der Waals surface area contributed by atoms with E-state index >= 15 is 0 Å². The molecule has 0 aliphatic heterocycles. The van der Waals surface area contributed by atoms with Crippen LogP contribution in [0, 0.1) is 0 Å². The minimum absolute atomic E-state index is 0.694. The molecule has 19 heavy (non-hydrogen) atoms. The summed E-state index contributed by atoms with van der Waals surface area (Å²) in [5.74, 6) is 0. The van der Waals surface area contributed by atoms with Crippen molar-refractivity contribution in [1.82, 2.24) is 5.32 Å². The first-order chi connectivity index (χ1) is 9.43. The first kappa shape index (κ1) is 16.9. The Labute approximate surface area is 118 Å². The maximum Gasteiger partial charge on any atom is 0.0700 e. The minimum Gasteiger partial charge on any atom is -0.385 e. The fourth-order valence-corrected chi connectivity index (χ4v) is 2.41. The Kier molecular flexibility index (Phi) is 11.4. The van der Waals surface area contributed by atoms with Gasteiger partial charge in [-0.2, -0.15) is 0 Å². The Morgan fingerprint density at radius 3 is 2.21 bits per heavy atom. The molecule has 0 heterocycles. The van der Waals surface area contributed by atoms with E-state index in [0.717, 1.165) is 45.2 Å². The van der Waals surface area contributed by atoms with Crippen LogP contribution in [0.1, 0.15) is 44.9 Å². The molecule has 114 valence electrons. The van der Waals surface area contributed by atoms with Crippen molar-refractivity contribution in [2.75, 3.05) is 46.7 Å². The van der Waals surface area contributed by atoms with Crippen LogP contribution >= 0.6 is 0 Å². The summed E-state index contributed by atoms with van der Waals surface area (Å²) in [7, 11) is 1.71. The second kappa shape index (κ2) is 12.9. The van der Waals surface area contributed by atoms with E-state index < -0.39 is 0 Å². The van der Waals surface area contributed by atoms with Gasteiger partial charge >= 0.3 is 0 Å². The summed E-state index contributed by atoms with van der Waals surface area (Å²) in [6, 6.07) is 0.762. The summed E-state index contributed by atoms with van der Waals surface area (Å²) in [6.07, 6.45) is 8.99. The molecule has 0 amide bonds. The van der Waals surface area contributed by atoms with Crippen LogP contribution in [0.2, 0.25) is 0 Å². The first-order valence-electron chi connectivity index (χ1n) is 7.81. The molecule has 0 radical (unpaired) electrons. The van der Waals surface area contributed by atoms with Gasteiger partial charge in [0.2, 0.25) is 0 Å². The van der Waals surface area contributed by atoms with Gasteiger partial charge in [0, 0.05) is 33.0 Å². The number of rotatable bonds is 12. The van der Waals surface area contributed by atoms with Crippen LogP contribution in [0.5, 0.6) is 0 Å². The number of methoxy groups -OCH3 is 1. The van der Waals surface area contributed by atoms with Crippen LogP contribution < -0.4 is 5.32 Å². The molecule has 0 aromatic heterocycles. The van der Waals surface area contributed by atoms with E-state index in [2.05, 4.69) is 5.32 Å². The number of ether oxygens (including phenoxy) is 3. The molecule has 0 aromatic rings. The molecule has 0 unspecified atom stereocenters. The summed E-state index contributed by atoms with van der Waals surface area (Å²) in [4.78, 5) is 0. The van der Waals surface area contributed by atoms with Crippen LogP contribution in [0.15, 0.2) is 0 Å². The molecule has 1 aliphatic carbocycles. The smallest absolute Gasteiger partial charge is 0.0700 e. The standard InChI is InChI=1S/C15H31NO3/c1-17-10-6-12-19-14-13-18-11-5-9-16-15-7-3-2-4-8-15/h15-16H,2-14H2,1H3. The monoisotopic (exact) mass is 273 g/mol. The molecule has 0 atom stereocenters. The predicted octanol–water partition coefficient (Wildman–Crippen LogP) is 2.37. The average molecular weight is 273 g/mol. The lowest BCUT2D eigenvalue weighted by molar-refractivity contribution is 0.0390. The molecular weight excluding hydrogens is 242 g/mol. The normalized spacial score (nSPS) is 16.9. The maximum atomic E-state index is 5.53. The van der Waals surface area contributed by atoms with Gasteiger partial charge in [-0.1, -0.05) is 19.3 Å². The number of nitrogens with one attached hydrogen (secondary N) is 1. The summed E-state index contributed by atoms with van der Waals surface area (Å²) in [5, 5.41) is 3.62. The van der Waals surface area contributed by atoms with Crippen molar-refractivity contribution in [3.63, 3.8) is 0 Å². The van der Waals surface area contributed by atoms with Crippen LogP contribution in [-0.2, 0) is 14.2 Å². The van der Waals surface area contributed by atoms with E-state index in [4.69, 9.17) is 14.2 Å². The van der Waals surface area contributed by atoms with Gasteiger partial charge in [0.25, 0.3) is 0 Å². The average Bonchev–Trinajstić information content (AvgIpc) is 2.46. The lowest BCUT2D eigenvalue weighted by atomic mass is 9.95. The molecular formula is C15H31NO3. The zero-order valence-electron chi connectivity index (χ0n) is 12.5. The third-order valence-electron chi connectivity index (χ3n) is 3.51. The number of hydrogen-bond acceptors (Lipinski definition) is 4. The van der Waals surface area contributed by atoms with Gasteiger partial charge in [-0.15, -0.1) is 0 Å². The lowest BCUT2D eigenvalue weighted by Gasteiger charge is -2.22. The van der Waals surface area contributed by atoms with E-state index in [-0.39, 0.29) is 0 Å².